The molecule has 6 nitrogen and oxygen atoms in total. The van der Waals surface area contributed by atoms with Gasteiger partial charge in [0.2, 0.25) is 5.91 Å². The number of aliphatic carboxylic acids is 1. The molecule has 2 aliphatic heterocycles. The van der Waals surface area contributed by atoms with Crippen LogP contribution in [0.4, 0.5) is 0 Å². The molecular formula is C19H24N2O4. The topological polar surface area (TPSA) is 77.9 Å². The van der Waals surface area contributed by atoms with Crippen molar-refractivity contribution < 1.29 is 19.5 Å². The fourth-order valence-electron chi connectivity index (χ4n) is 3.73. The summed E-state index contributed by atoms with van der Waals surface area (Å²) in [6.45, 7) is 2.13. The number of hydrogen-bond donors (Lipinski definition) is 1. The molecule has 2 saturated heterocycles. The first-order valence-corrected chi connectivity index (χ1v) is 8.92. The van der Waals surface area contributed by atoms with E-state index in [9.17, 15) is 14.4 Å². The summed E-state index contributed by atoms with van der Waals surface area (Å²) < 4.78 is 0. The predicted octanol–water partition coefficient (Wildman–Crippen LogP) is 1.86. The summed E-state index contributed by atoms with van der Waals surface area (Å²) in [7, 11) is 0. The van der Waals surface area contributed by atoms with Gasteiger partial charge in [-0.3, -0.25) is 14.4 Å². The fraction of sp³-hybridized carbons (Fsp3) is 0.526. The second kappa shape index (κ2) is 7.68. The lowest BCUT2D eigenvalue weighted by Crippen LogP contribution is -2.49. The van der Waals surface area contributed by atoms with E-state index in [0.29, 0.717) is 44.6 Å². The number of benzene rings is 1. The summed E-state index contributed by atoms with van der Waals surface area (Å²) >= 11 is 0. The van der Waals surface area contributed by atoms with Crippen molar-refractivity contribution in [1.29, 1.82) is 0 Å². The molecule has 0 saturated carbocycles. The van der Waals surface area contributed by atoms with Crippen LogP contribution in [0.2, 0.25) is 0 Å². The maximum absolute atomic E-state index is 12.8. The third-order valence-electron chi connectivity index (χ3n) is 5.23. The lowest BCUT2D eigenvalue weighted by Gasteiger charge is -2.37. The van der Waals surface area contributed by atoms with Crippen LogP contribution in [-0.2, 0) is 9.59 Å². The maximum Gasteiger partial charge on any atom is 0.306 e. The van der Waals surface area contributed by atoms with E-state index in [0.717, 1.165) is 12.8 Å². The van der Waals surface area contributed by atoms with Crippen molar-refractivity contribution in [3.8, 4) is 0 Å². The molecule has 0 spiro atoms. The highest BCUT2D eigenvalue weighted by Gasteiger charge is 2.34. The summed E-state index contributed by atoms with van der Waals surface area (Å²) in [6.07, 6.45) is 2.64. The van der Waals surface area contributed by atoms with E-state index in [4.69, 9.17) is 5.11 Å². The Hall–Kier alpha value is -2.37. The van der Waals surface area contributed by atoms with Gasteiger partial charge in [0.1, 0.15) is 0 Å². The molecule has 1 aromatic carbocycles. The number of carbonyl (C=O) groups excluding carboxylic acids is 2. The lowest BCUT2D eigenvalue weighted by molar-refractivity contribution is -0.147. The lowest BCUT2D eigenvalue weighted by atomic mass is 9.92. The van der Waals surface area contributed by atoms with Crippen molar-refractivity contribution in [2.75, 3.05) is 26.2 Å². The molecule has 1 aromatic rings. The zero-order valence-electron chi connectivity index (χ0n) is 14.3. The van der Waals surface area contributed by atoms with Crippen LogP contribution >= 0.6 is 0 Å². The van der Waals surface area contributed by atoms with Crippen molar-refractivity contribution in [2.24, 2.45) is 11.8 Å². The SMILES string of the molecule is O=C(O)C1CCN(C(=O)C2CCCN(C(=O)c3ccccc3)C2)CC1. The third-order valence-corrected chi connectivity index (χ3v) is 5.23. The van der Waals surface area contributed by atoms with Crippen molar-refractivity contribution in [2.45, 2.75) is 25.7 Å². The molecule has 0 aromatic heterocycles. The first kappa shape index (κ1) is 17.5. The third kappa shape index (κ3) is 4.00. The first-order valence-electron chi connectivity index (χ1n) is 8.92. The van der Waals surface area contributed by atoms with E-state index in [1.807, 2.05) is 18.2 Å². The fourth-order valence-corrected chi connectivity index (χ4v) is 3.73. The van der Waals surface area contributed by atoms with Crippen LogP contribution in [0.1, 0.15) is 36.0 Å². The minimum atomic E-state index is -0.774. The van der Waals surface area contributed by atoms with Crippen LogP contribution in [0.5, 0.6) is 0 Å². The highest BCUT2D eigenvalue weighted by Crippen LogP contribution is 2.24. The number of carboxylic acids is 1. The Balaban J connectivity index is 1.59. The summed E-state index contributed by atoms with van der Waals surface area (Å²) in [4.78, 5) is 40.0. The standard InChI is InChI=1S/C19H24N2O4/c22-17(14-5-2-1-3-6-14)21-10-4-7-16(13-21)18(23)20-11-8-15(9-12-20)19(24)25/h1-3,5-6,15-16H,4,7-13H2,(H,24,25). The number of piperidine rings is 2. The van der Waals surface area contributed by atoms with Gasteiger partial charge in [-0.25, -0.2) is 0 Å². The van der Waals surface area contributed by atoms with Gasteiger partial charge in [0, 0.05) is 31.7 Å². The van der Waals surface area contributed by atoms with Crippen LogP contribution in [0, 0.1) is 11.8 Å². The van der Waals surface area contributed by atoms with Crippen LogP contribution in [0.15, 0.2) is 30.3 Å². The zero-order chi connectivity index (χ0) is 17.8. The number of carboxylic acid groups (broad SMARTS) is 1. The molecule has 2 amide bonds. The number of rotatable bonds is 3. The van der Waals surface area contributed by atoms with Gasteiger partial charge in [-0.1, -0.05) is 18.2 Å². The maximum atomic E-state index is 12.8. The molecule has 0 radical (unpaired) electrons. The summed E-state index contributed by atoms with van der Waals surface area (Å²) in [5, 5.41) is 9.07. The second-order valence-electron chi connectivity index (χ2n) is 6.89. The minimum Gasteiger partial charge on any atom is -0.481 e. The number of carbonyl (C=O) groups is 3. The number of likely N-dealkylation sites (tertiary alicyclic amines) is 2. The van der Waals surface area contributed by atoms with Gasteiger partial charge in [-0.15, -0.1) is 0 Å². The zero-order valence-corrected chi connectivity index (χ0v) is 14.3. The van der Waals surface area contributed by atoms with E-state index >= 15 is 0 Å². The molecule has 0 bridgehead atoms. The van der Waals surface area contributed by atoms with Gasteiger partial charge in [0.05, 0.1) is 11.8 Å². The van der Waals surface area contributed by atoms with E-state index in [2.05, 4.69) is 0 Å². The number of nitrogens with zero attached hydrogens (tertiary/aromatic N) is 2. The Morgan fingerprint density at radius 2 is 1.56 bits per heavy atom. The molecule has 134 valence electrons. The average Bonchev–Trinajstić information content (AvgIpc) is 2.67. The highest BCUT2D eigenvalue weighted by molar-refractivity contribution is 5.94. The Morgan fingerprint density at radius 3 is 2.20 bits per heavy atom. The summed E-state index contributed by atoms with van der Waals surface area (Å²) in [6, 6.07) is 9.15. The van der Waals surface area contributed by atoms with Gasteiger partial charge in [0.15, 0.2) is 0 Å². The van der Waals surface area contributed by atoms with Gasteiger partial charge < -0.3 is 14.9 Å². The highest BCUT2D eigenvalue weighted by atomic mass is 16.4. The molecule has 3 rings (SSSR count). The smallest absolute Gasteiger partial charge is 0.306 e. The molecule has 1 atom stereocenters. The molecule has 6 heteroatoms. The van der Waals surface area contributed by atoms with Crippen LogP contribution in [-0.4, -0.2) is 58.9 Å². The van der Waals surface area contributed by atoms with Crippen molar-refractivity contribution in [3.05, 3.63) is 35.9 Å². The molecule has 0 aliphatic carbocycles. The van der Waals surface area contributed by atoms with Gasteiger partial charge >= 0.3 is 5.97 Å². The van der Waals surface area contributed by atoms with Gasteiger partial charge in [0.25, 0.3) is 5.91 Å². The van der Waals surface area contributed by atoms with Crippen molar-refractivity contribution in [3.63, 3.8) is 0 Å². The second-order valence-corrected chi connectivity index (χ2v) is 6.89. The van der Waals surface area contributed by atoms with Crippen molar-refractivity contribution in [1.82, 2.24) is 9.80 Å². The van der Waals surface area contributed by atoms with E-state index in [1.54, 1.807) is 21.9 Å². The van der Waals surface area contributed by atoms with Crippen LogP contribution < -0.4 is 0 Å². The molecule has 1 unspecified atom stereocenters. The quantitative estimate of drug-likeness (QED) is 0.908. The Bertz CT molecular complexity index is 638. The number of amides is 2. The first-order chi connectivity index (χ1) is 12.1. The van der Waals surface area contributed by atoms with Gasteiger partial charge in [-0.05, 0) is 37.8 Å². The molecule has 2 heterocycles. The normalized spacial score (nSPS) is 21.8. The van der Waals surface area contributed by atoms with Crippen molar-refractivity contribution >= 4 is 17.8 Å². The molecule has 25 heavy (non-hydrogen) atoms. The Labute approximate surface area is 147 Å². The van der Waals surface area contributed by atoms with Gasteiger partial charge in [-0.2, -0.15) is 0 Å². The van der Waals surface area contributed by atoms with Crippen LogP contribution in [0.25, 0.3) is 0 Å². The minimum absolute atomic E-state index is 0.0253. The van der Waals surface area contributed by atoms with E-state index < -0.39 is 5.97 Å². The monoisotopic (exact) mass is 344 g/mol. The van der Waals surface area contributed by atoms with E-state index in [-0.39, 0.29) is 23.7 Å². The summed E-state index contributed by atoms with van der Waals surface area (Å²) in [5.41, 5.74) is 0.651. The number of hydrogen-bond acceptors (Lipinski definition) is 3. The average molecular weight is 344 g/mol. The largest absolute Gasteiger partial charge is 0.481 e. The molecule has 2 fully saturated rings. The Morgan fingerprint density at radius 1 is 0.880 bits per heavy atom. The van der Waals surface area contributed by atoms with E-state index in [1.165, 1.54) is 0 Å². The molecule has 2 aliphatic rings. The summed E-state index contributed by atoms with van der Waals surface area (Å²) in [5.74, 6) is -1.25. The predicted molar refractivity (Wildman–Crippen MR) is 92.0 cm³/mol. The molecular weight excluding hydrogens is 320 g/mol. The Kier molecular flexibility index (Phi) is 5.36. The molecule has 1 N–H and O–H groups in total. The van der Waals surface area contributed by atoms with Crippen LogP contribution in [0.3, 0.4) is 0 Å².